The monoisotopic (exact) mass is 794 g/mol. The van der Waals surface area contributed by atoms with Crippen LogP contribution in [0.5, 0.6) is 0 Å². The molecule has 24 heteroatoms. The van der Waals surface area contributed by atoms with Gasteiger partial charge in [0.2, 0.25) is 18.5 Å². The van der Waals surface area contributed by atoms with Crippen LogP contribution in [0.1, 0.15) is 78.6 Å². The smallest absolute Gasteiger partial charge is 0.438 e. The Bertz CT molecular complexity index is 1450. The summed E-state index contributed by atoms with van der Waals surface area (Å²) in [6.45, 7) is 4.02. The third kappa shape index (κ3) is 9.48. The molecule has 0 amide bonds. The van der Waals surface area contributed by atoms with Gasteiger partial charge in [0.25, 0.3) is 0 Å². The molecule has 0 aliphatic heterocycles. The van der Waals surface area contributed by atoms with Crippen molar-refractivity contribution in [3.8, 4) is 0 Å². The van der Waals surface area contributed by atoms with E-state index >= 15 is 8.78 Å². The van der Waals surface area contributed by atoms with Gasteiger partial charge in [-0.1, -0.05) is 20.8 Å². The van der Waals surface area contributed by atoms with Crippen LogP contribution in [0.3, 0.4) is 0 Å². The van der Waals surface area contributed by atoms with Crippen LogP contribution in [0, 0.1) is 46.3 Å². The van der Waals surface area contributed by atoms with Gasteiger partial charge in [-0.25, -0.2) is 40.6 Å². The lowest BCUT2D eigenvalue weighted by molar-refractivity contribution is -0.287. The average Bonchev–Trinajstić information content (AvgIpc) is 3.23. The number of carbonyl (C=O) groups excluding carboxylic acids is 1. The van der Waals surface area contributed by atoms with Gasteiger partial charge in [-0.3, -0.25) is 9.32 Å². The van der Waals surface area contributed by atoms with E-state index in [1.54, 1.807) is 20.8 Å². The van der Waals surface area contributed by atoms with Gasteiger partial charge in [-0.05, 0) is 67.1 Å². The molecule has 11 atom stereocenters. The average molecular weight is 795 g/mol. The first kappa shape index (κ1) is 41.5. The number of rotatable bonds is 13. The molecule has 0 saturated heterocycles. The van der Waals surface area contributed by atoms with Gasteiger partial charge in [-0.15, -0.1) is 0 Å². The largest absolute Gasteiger partial charge is 0.472 e. The van der Waals surface area contributed by atoms with E-state index in [0.717, 1.165) is 0 Å². The molecule has 4 saturated carbocycles. The van der Waals surface area contributed by atoms with Gasteiger partial charge in [0, 0.05) is 37.0 Å². The minimum Gasteiger partial charge on any atom is -0.438 e. The molecular weight excluding hydrogens is 750 g/mol. The zero-order valence-corrected chi connectivity index (χ0v) is 30.4. The highest BCUT2D eigenvalue weighted by atomic mass is 31.2. The Morgan fingerprint density at radius 1 is 0.837 bits per heavy atom. The predicted octanol–water partition coefficient (Wildman–Crippen LogP) is 3.92. The Hall–Kier alpha value is -0.230. The van der Waals surface area contributed by atoms with Crippen molar-refractivity contribution in [3.05, 3.63) is 0 Å². The van der Waals surface area contributed by atoms with Crippen molar-refractivity contribution in [1.29, 1.82) is 0 Å². The molecule has 0 aromatic rings. The fourth-order valence-electron chi connectivity index (χ4n) is 9.71. The summed E-state index contributed by atoms with van der Waals surface area (Å²) >= 11 is 0. The number of phosphoric ester groups is 4. The van der Waals surface area contributed by atoms with E-state index in [9.17, 15) is 52.4 Å². The van der Waals surface area contributed by atoms with Crippen molar-refractivity contribution >= 4 is 37.3 Å². The van der Waals surface area contributed by atoms with E-state index in [2.05, 4.69) is 9.05 Å². The maximum Gasteiger partial charge on any atom is 0.472 e. The van der Waals surface area contributed by atoms with Crippen molar-refractivity contribution < 1.29 is 93.8 Å². The molecule has 0 spiro atoms. The molecule has 4 fully saturated rings. The second-order valence-corrected chi connectivity index (χ2v) is 19.1. The second-order valence-electron chi connectivity index (χ2n) is 14.3. The van der Waals surface area contributed by atoms with Crippen molar-refractivity contribution in [2.24, 2.45) is 46.3 Å². The van der Waals surface area contributed by atoms with Crippen molar-refractivity contribution in [3.63, 3.8) is 0 Å². The predicted molar refractivity (Wildman–Crippen MR) is 159 cm³/mol. The van der Waals surface area contributed by atoms with Crippen molar-refractivity contribution in [2.45, 2.75) is 96.4 Å². The Morgan fingerprint density at radius 3 is 2.00 bits per heavy atom. The van der Waals surface area contributed by atoms with Gasteiger partial charge >= 0.3 is 37.3 Å². The summed E-state index contributed by atoms with van der Waals surface area (Å²) in [6, 6.07) is 0. The highest BCUT2D eigenvalue weighted by Crippen LogP contribution is 2.74. The molecule has 0 aromatic carbocycles. The zero-order chi connectivity index (χ0) is 37.2. The number of carbonyl (C=O) groups is 1. The minimum atomic E-state index is -5.57. The molecule has 8 N–H and O–H groups in total. The first-order chi connectivity index (χ1) is 22.0. The van der Waals surface area contributed by atoms with E-state index in [4.69, 9.17) is 23.6 Å². The second kappa shape index (κ2) is 13.9. The number of ether oxygens (including phenoxy) is 1. The fraction of sp³-hybridized carbons (Fsp3) is 0.960. The van der Waals surface area contributed by atoms with Crippen LogP contribution in [0.25, 0.3) is 0 Å². The highest BCUT2D eigenvalue weighted by Gasteiger charge is 2.73. The first-order valence-electron chi connectivity index (χ1n) is 15.5. The molecular formula is C25H44F2O18P4. The van der Waals surface area contributed by atoms with Gasteiger partial charge in [0.15, 0.2) is 0 Å². The standard InChI is InChI=1S/C25H44F2O18P4/c1-14(4-7-20(28)41-13-42-46(29,30)31)16-5-6-17-21-18(10-19(23(16,17)3)43-47(32,33)34)22(2)8-9-24(26,44-48(35,36)37)11-15(22)12-25(21,27)45-49(38,39)40/h14-19,21H,4-13H2,1-3H3,(H2,29,30,31)(H2,32,33,34)(H2,35,36,37)(H2,38,39,40). The fourth-order valence-corrected chi connectivity index (χ4v) is 11.7. The zero-order valence-electron chi connectivity index (χ0n) is 26.8. The van der Waals surface area contributed by atoms with Crippen molar-refractivity contribution in [1.82, 2.24) is 0 Å². The van der Waals surface area contributed by atoms with Gasteiger partial charge in [0.05, 0.1) is 6.10 Å². The summed E-state index contributed by atoms with van der Waals surface area (Å²) in [6.07, 6.45) is -3.44. The summed E-state index contributed by atoms with van der Waals surface area (Å²) in [5, 5.41) is 0. The summed E-state index contributed by atoms with van der Waals surface area (Å²) in [7, 11) is -21.0. The molecule has 4 aliphatic rings. The van der Waals surface area contributed by atoms with Gasteiger partial charge in [0.1, 0.15) is 0 Å². The third-order valence-corrected chi connectivity index (χ3v) is 13.6. The number of alkyl halides is 2. The number of hydrogen-bond donors (Lipinski definition) is 8. The Morgan fingerprint density at radius 2 is 1.45 bits per heavy atom. The van der Waals surface area contributed by atoms with Crippen LogP contribution in [-0.4, -0.2) is 69.7 Å². The van der Waals surface area contributed by atoms with Crippen LogP contribution >= 0.6 is 31.3 Å². The lowest BCUT2D eigenvalue weighted by atomic mass is 9.42. The molecule has 0 heterocycles. The Kier molecular flexibility index (Phi) is 11.8. The van der Waals surface area contributed by atoms with E-state index in [1.807, 2.05) is 0 Å². The maximum atomic E-state index is 17.4. The topological polar surface area (TPSA) is 293 Å². The number of halogens is 2. The normalized spacial score (nSPS) is 40.6. The van der Waals surface area contributed by atoms with E-state index in [-0.39, 0.29) is 32.1 Å². The van der Waals surface area contributed by atoms with Crippen LogP contribution in [0.15, 0.2) is 0 Å². The van der Waals surface area contributed by atoms with E-state index < -0.39 is 127 Å². The first-order valence-corrected chi connectivity index (χ1v) is 21.6. The Labute approximate surface area is 280 Å². The lowest BCUT2D eigenvalue weighted by Crippen LogP contribution is -2.66. The molecule has 49 heavy (non-hydrogen) atoms. The summed E-state index contributed by atoms with van der Waals surface area (Å²) in [4.78, 5) is 88.1. The lowest BCUT2D eigenvalue weighted by Gasteiger charge is -2.65. The van der Waals surface area contributed by atoms with Crippen LogP contribution < -0.4 is 0 Å². The van der Waals surface area contributed by atoms with Gasteiger partial charge in [-0.2, -0.15) is 0 Å². The number of phosphoric acid groups is 4. The third-order valence-electron chi connectivity index (χ3n) is 11.6. The number of hydrogen-bond acceptors (Lipinski definition) is 10. The molecule has 4 aliphatic carbocycles. The molecule has 286 valence electrons. The number of fused-ring (bicyclic) bond motifs is 5. The summed E-state index contributed by atoms with van der Waals surface area (Å²) in [5.41, 5.74) is -2.37. The van der Waals surface area contributed by atoms with E-state index in [1.165, 1.54) is 0 Å². The van der Waals surface area contributed by atoms with Crippen molar-refractivity contribution in [2.75, 3.05) is 6.79 Å². The Balaban J connectivity index is 1.70. The maximum absolute atomic E-state index is 17.4. The molecule has 11 unspecified atom stereocenters. The number of esters is 1. The summed E-state index contributed by atoms with van der Waals surface area (Å²) in [5.74, 6) is -12.2. The quantitative estimate of drug-likeness (QED) is 0.0744. The van der Waals surface area contributed by atoms with Crippen LogP contribution in [0.4, 0.5) is 8.78 Å². The minimum absolute atomic E-state index is 0.107. The van der Waals surface area contributed by atoms with E-state index in [0.29, 0.717) is 6.42 Å². The molecule has 0 aromatic heterocycles. The molecule has 18 nitrogen and oxygen atoms in total. The molecule has 0 bridgehead atoms. The van der Waals surface area contributed by atoms with Gasteiger partial charge < -0.3 is 43.9 Å². The SMILES string of the molecule is CC(CCC(=O)OCOP(=O)(O)O)C1CCC2C3C(CC(OP(=O)(O)O)C12C)C1(C)CCC(F)(OP(=O)(O)O)CC1CC3(F)OP(=O)(O)O. The molecule has 4 rings (SSSR count). The molecule has 0 radical (unpaired) electrons. The van der Waals surface area contributed by atoms with Crippen LogP contribution in [-0.2, 0) is 45.9 Å². The highest BCUT2D eigenvalue weighted by molar-refractivity contribution is 7.47. The summed E-state index contributed by atoms with van der Waals surface area (Å²) < 4.78 is 104. The van der Waals surface area contributed by atoms with Crippen LogP contribution in [0.2, 0.25) is 0 Å².